The first-order valence-electron chi connectivity index (χ1n) is 7.67. The van der Waals surface area contributed by atoms with Gasteiger partial charge in [0, 0.05) is 27.7 Å². The van der Waals surface area contributed by atoms with E-state index in [1.165, 1.54) is 29.9 Å². The number of nitrogens with zero attached hydrogens (tertiary/aromatic N) is 3. The van der Waals surface area contributed by atoms with E-state index in [4.69, 9.17) is 11.6 Å². The van der Waals surface area contributed by atoms with E-state index < -0.39 is 12.1 Å². The maximum Gasteiger partial charge on any atom is 0.213 e. The Morgan fingerprint density at radius 3 is 2.62 bits per heavy atom. The van der Waals surface area contributed by atoms with Gasteiger partial charge in [0.05, 0.1) is 4.88 Å². The molecule has 4 aromatic rings. The van der Waals surface area contributed by atoms with Crippen LogP contribution in [0.4, 0.5) is 4.39 Å². The highest BCUT2D eigenvalue weighted by Gasteiger charge is 2.22. The van der Waals surface area contributed by atoms with Gasteiger partial charge in [-0.25, -0.2) is 9.97 Å². The number of H-pyrrole nitrogens is 1. The molecule has 0 unspecified atom stereocenters. The van der Waals surface area contributed by atoms with Crippen LogP contribution in [0.3, 0.4) is 0 Å². The van der Waals surface area contributed by atoms with Crippen LogP contribution in [0.2, 0.25) is 5.02 Å². The lowest BCUT2D eigenvalue weighted by Crippen LogP contribution is -2.00. The number of aliphatic hydroxyl groups is 1. The van der Waals surface area contributed by atoms with Crippen LogP contribution in [0, 0.1) is 5.95 Å². The minimum Gasteiger partial charge on any atom is -0.384 e. The van der Waals surface area contributed by atoms with Crippen LogP contribution in [0.25, 0.3) is 21.1 Å². The second-order valence-electron chi connectivity index (χ2n) is 5.55. The number of hydrogen-bond acceptors (Lipinski definition) is 5. The van der Waals surface area contributed by atoms with E-state index in [0.717, 1.165) is 9.75 Å². The fraction of sp³-hybridized carbons (Fsp3) is 0.0556. The van der Waals surface area contributed by atoms with Crippen molar-refractivity contribution in [2.75, 3.05) is 0 Å². The van der Waals surface area contributed by atoms with Gasteiger partial charge in [-0.3, -0.25) is 5.10 Å². The Morgan fingerprint density at radius 2 is 1.92 bits per heavy atom. The van der Waals surface area contributed by atoms with Gasteiger partial charge >= 0.3 is 0 Å². The molecule has 0 amide bonds. The molecule has 0 aliphatic heterocycles. The molecule has 0 spiro atoms. The summed E-state index contributed by atoms with van der Waals surface area (Å²) in [5.74, 6) is -0.0179. The first-order chi connectivity index (χ1) is 12.6. The number of aliphatic hydroxyl groups excluding tert-OH is 1. The number of rotatable bonds is 4. The first kappa shape index (κ1) is 16.8. The van der Waals surface area contributed by atoms with Crippen LogP contribution >= 0.6 is 22.9 Å². The summed E-state index contributed by atoms with van der Waals surface area (Å²) in [4.78, 5) is 9.30. The first-order valence-corrected chi connectivity index (χ1v) is 8.86. The molecule has 4 rings (SSSR count). The van der Waals surface area contributed by atoms with Crippen molar-refractivity contribution in [1.29, 1.82) is 0 Å². The van der Waals surface area contributed by atoms with Crippen molar-refractivity contribution in [2.45, 2.75) is 6.10 Å². The fourth-order valence-corrected chi connectivity index (χ4v) is 3.89. The van der Waals surface area contributed by atoms with E-state index in [2.05, 4.69) is 20.2 Å². The Hall–Kier alpha value is -2.61. The third-order valence-corrected chi connectivity index (χ3v) is 5.34. The van der Waals surface area contributed by atoms with Gasteiger partial charge in [0.2, 0.25) is 5.95 Å². The largest absolute Gasteiger partial charge is 0.384 e. The van der Waals surface area contributed by atoms with Gasteiger partial charge in [0.1, 0.15) is 12.4 Å². The van der Waals surface area contributed by atoms with Crippen LogP contribution in [0.1, 0.15) is 17.2 Å². The van der Waals surface area contributed by atoms with Crippen molar-refractivity contribution in [1.82, 2.24) is 20.2 Å². The molecule has 0 radical (unpaired) electrons. The highest BCUT2D eigenvalue weighted by molar-refractivity contribution is 7.19. The Labute approximate surface area is 157 Å². The maximum absolute atomic E-state index is 13.5. The predicted molar refractivity (Wildman–Crippen MR) is 98.4 cm³/mol. The normalized spacial score (nSPS) is 12.3. The van der Waals surface area contributed by atoms with Gasteiger partial charge in [-0.05, 0) is 35.4 Å². The molecular weight excluding hydrogens is 375 g/mol. The number of hydrogen-bond donors (Lipinski definition) is 2. The summed E-state index contributed by atoms with van der Waals surface area (Å²) in [6, 6.07) is 11.9. The molecule has 8 heteroatoms. The lowest BCUT2D eigenvalue weighted by Gasteiger charge is -2.11. The minimum absolute atomic E-state index is 0.541. The molecule has 130 valence electrons. The Balaban J connectivity index is 1.83. The van der Waals surface area contributed by atoms with Crippen LogP contribution in [0.15, 0.2) is 55.0 Å². The number of halogens is 2. The van der Waals surface area contributed by atoms with Crippen molar-refractivity contribution in [3.8, 4) is 21.1 Å². The molecule has 1 atom stereocenters. The molecule has 26 heavy (non-hydrogen) atoms. The number of benzene rings is 1. The zero-order valence-corrected chi connectivity index (χ0v) is 14.8. The summed E-state index contributed by atoms with van der Waals surface area (Å²) in [5, 5.41) is 18.2. The molecule has 0 saturated carbocycles. The van der Waals surface area contributed by atoms with Gasteiger partial charge < -0.3 is 5.11 Å². The average Bonchev–Trinajstić information content (AvgIpc) is 3.31. The van der Waals surface area contributed by atoms with E-state index in [0.29, 0.717) is 27.5 Å². The molecule has 0 aliphatic rings. The van der Waals surface area contributed by atoms with E-state index in [9.17, 15) is 9.50 Å². The molecule has 2 N–H and O–H groups in total. The smallest absolute Gasteiger partial charge is 0.213 e. The van der Waals surface area contributed by atoms with E-state index in [-0.39, 0.29) is 0 Å². The Kier molecular flexibility index (Phi) is 4.50. The zero-order chi connectivity index (χ0) is 18.1. The monoisotopic (exact) mass is 386 g/mol. The lowest BCUT2D eigenvalue weighted by atomic mass is 10.0. The summed E-state index contributed by atoms with van der Waals surface area (Å²) in [6.45, 7) is 0. The molecule has 0 saturated heterocycles. The van der Waals surface area contributed by atoms with Crippen molar-refractivity contribution >= 4 is 22.9 Å². The Morgan fingerprint density at radius 1 is 1.12 bits per heavy atom. The average molecular weight is 387 g/mol. The van der Waals surface area contributed by atoms with E-state index >= 15 is 0 Å². The van der Waals surface area contributed by atoms with Crippen molar-refractivity contribution < 1.29 is 9.50 Å². The summed E-state index contributed by atoms with van der Waals surface area (Å²) >= 11 is 7.32. The molecule has 0 fully saturated rings. The second-order valence-corrected chi connectivity index (χ2v) is 7.04. The summed E-state index contributed by atoms with van der Waals surface area (Å²) < 4.78 is 13.5. The van der Waals surface area contributed by atoms with Crippen LogP contribution in [0.5, 0.6) is 0 Å². The summed E-state index contributed by atoms with van der Waals surface area (Å²) in [7, 11) is 0. The van der Waals surface area contributed by atoms with Crippen LogP contribution in [-0.2, 0) is 0 Å². The highest BCUT2D eigenvalue weighted by atomic mass is 35.5. The summed E-state index contributed by atoms with van der Waals surface area (Å²) in [5.41, 5.74) is 2.03. The van der Waals surface area contributed by atoms with Gasteiger partial charge in [-0.1, -0.05) is 23.7 Å². The van der Waals surface area contributed by atoms with Gasteiger partial charge in [0.25, 0.3) is 0 Å². The number of aromatic amines is 1. The molecule has 0 aliphatic carbocycles. The SMILES string of the molecule is O[C@@H](c1ccc(Cl)cc1)c1cc(-c2ccnc(F)c2)sc1-c1ncn[nH]1. The van der Waals surface area contributed by atoms with Gasteiger partial charge in [0.15, 0.2) is 5.82 Å². The topological polar surface area (TPSA) is 74.7 Å². The third kappa shape index (κ3) is 3.24. The quantitative estimate of drug-likeness (QED) is 0.507. The molecule has 0 bridgehead atoms. The predicted octanol–water partition coefficient (Wildman–Crippen LogP) is 4.47. The second kappa shape index (κ2) is 6.95. The molecular formula is C18H12ClFN4OS. The third-order valence-electron chi connectivity index (χ3n) is 3.88. The van der Waals surface area contributed by atoms with Crippen LogP contribution in [-0.4, -0.2) is 25.3 Å². The van der Waals surface area contributed by atoms with Crippen molar-refractivity contribution in [3.05, 3.63) is 77.1 Å². The highest BCUT2D eigenvalue weighted by Crippen LogP contribution is 2.41. The number of thiophene rings is 1. The molecule has 3 heterocycles. The number of pyridine rings is 1. The molecule has 1 aromatic carbocycles. The van der Waals surface area contributed by atoms with E-state index in [1.54, 1.807) is 30.3 Å². The Bertz CT molecular complexity index is 1030. The number of aromatic nitrogens is 4. The molecule has 3 aromatic heterocycles. The zero-order valence-electron chi connectivity index (χ0n) is 13.2. The standard InChI is InChI=1S/C18H12ClFN4OS/c19-12-3-1-10(2-4-12)16(25)13-8-14(11-5-6-21-15(20)7-11)26-17(13)18-22-9-23-24-18/h1-9,16,25H,(H,22,23,24)/t16-/m0/s1. The van der Waals surface area contributed by atoms with Crippen LogP contribution < -0.4 is 0 Å². The van der Waals surface area contributed by atoms with Gasteiger partial charge in [-0.15, -0.1) is 11.3 Å². The minimum atomic E-state index is -0.885. The molecule has 5 nitrogen and oxygen atoms in total. The lowest BCUT2D eigenvalue weighted by molar-refractivity contribution is 0.221. The van der Waals surface area contributed by atoms with E-state index in [1.807, 2.05) is 6.07 Å². The summed E-state index contributed by atoms with van der Waals surface area (Å²) in [6.07, 6.45) is 1.93. The van der Waals surface area contributed by atoms with Gasteiger partial charge in [-0.2, -0.15) is 9.49 Å². The van der Waals surface area contributed by atoms with Crippen molar-refractivity contribution in [2.24, 2.45) is 0 Å². The fourth-order valence-electron chi connectivity index (χ4n) is 2.63. The van der Waals surface area contributed by atoms with Crippen molar-refractivity contribution in [3.63, 3.8) is 0 Å². The maximum atomic E-state index is 13.5. The number of nitrogens with one attached hydrogen (secondary N) is 1.